The molecule has 0 aliphatic heterocycles. The maximum atomic E-state index is 12.7. The predicted octanol–water partition coefficient (Wildman–Crippen LogP) is 14.7. The minimum absolute atomic E-state index is 0.0260. The van der Waals surface area contributed by atoms with Crippen molar-refractivity contribution in [1.82, 2.24) is 0 Å². The molecule has 0 saturated heterocycles. The van der Waals surface area contributed by atoms with Gasteiger partial charge in [-0.25, -0.2) is 0 Å². The van der Waals surface area contributed by atoms with Gasteiger partial charge in [-0.05, 0) is 51.4 Å². The lowest BCUT2D eigenvalue weighted by Crippen LogP contribution is -2.37. The third kappa shape index (κ3) is 47.8. The number of esters is 1. The molecule has 0 bridgehead atoms. The molecular formula is C51H98NO7P. The SMILES string of the molecule is CCCCCCC/C=C\C/C=C\C/C=C\CCCCCCCCCCCOCC(COP(=O)([O-])OCC[N+](C)(C)C)OC(=O)CCCCCCCCCCCCCCCC. The minimum Gasteiger partial charge on any atom is -0.756 e. The first-order chi connectivity index (χ1) is 29.1. The highest BCUT2D eigenvalue weighted by atomic mass is 31.2. The van der Waals surface area contributed by atoms with Crippen molar-refractivity contribution in [3.05, 3.63) is 36.5 Å². The Hall–Kier alpha value is -1.28. The van der Waals surface area contributed by atoms with E-state index < -0.39 is 13.9 Å². The summed E-state index contributed by atoms with van der Waals surface area (Å²) in [6.45, 7) is 5.42. The zero-order valence-electron chi connectivity index (χ0n) is 40.2. The average Bonchev–Trinajstić information content (AvgIpc) is 3.20. The standard InChI is InChI=1S/C51H98NO7P/c1-6-8-10-12-14-16-18-20-22-23-24-25-26-27-28-29-30-31-33-35-37-39-41-43-46-56-48-50(49-58-60(54,55)57-47-45-52(3,4)5)59-51(53)44-42-40-38-36-34-32-21-19-17-15-13-11-9-7-2/h18,20,23-24,26-27,50H,6-17,19,21-22,25,28-49H2,1-5H3/b20-18-,24-23-,27-26-. The highest BCUT2D eigenvalue weighted by Crippen LogP contribution is 2.38. The Labute approximate surface area is 372 Å². The first-order valence-corrected chi connectivity index (χ1v) is 26.7. The molecule has 0 fully saturated rings. The van der Waals surface area contributed by atoms with E-state index in [0.717, 1.165) is 44.9 Å². The van der Waals surface area contributed by atoms with E-state index in [9.17, 15) is 14.3 Å². The minimum atomic E-state index is -4.53. The summed E-state index contributed by atoms with van der Waals surface area (Å²) in [5, 5.41) is 0. The number of carbonyl (C=O) groups is 1. The van der Waals surface area contributed by atoms with Gasteiger partial charge < -0.3 is 27.9 Å². The van der Waals surface area contributed by atoms with Crippen molar-refractivity contribution in [3.8, 4) is 0 Å². The number of rotatable bonds is 47. The molecule has 354 valence electrons. The first kappa shape index (κ1) is 58.7. The molecule has 9 heteroatoms. The van der Waals surface area contributed by atoms with Gasteiger partial charge in [0.1, 0.15) is 19.3 Å². The van der Waals surface area contributed by atoms with Crippen LogP contribution in [-0.4, -0.2) is 70.7 Å². The molecule has 0 aliphatic carbocycles. The molecule has 0 heterocycles. The third-order valence-electron chi connectivity index (χ3n) is 10.9. The van der Waals surface area contributed by atoms with Crippen molar-refractivity contribution in [3.63, 3.8) is 0 Å². The van der Waals surface area contributed by atoms with Gasteiger partial charge in [0.05, 0.1) is 34.4 Å². The maximum absolute atomic E-state index is 12.7. The summed E-state index contributed by atoms with van der Waals surface area (Å²) >= 11 is 0. The molecule has 2 unspecified atom stereocenters. The van der Waals surface area contributed by atoms with E-state index in [1.54, 1.807) is 0 Å². The second kappa shape index (κ2) is 44.3. The molecule has 0 aromatic rings. The van der Waals surface area contributed by atoms with Gasteiger partial charge >= 0.3 is 5.97 Å². The monoisotopic (exact) mass is 868 g/mol. The van der Waals surface area contributed by atoms with Crippen molar-refractivity contribution in [1.29, 1.82) is 0 Å². The largest absolute Gasteiger partial charge is 0.756 e. The number of phosphoric ester groups is 1. The molecule has 0 aromatic heterocycles. The summed E-state index contributed by atoms with van der Waals surface area (Å²) in [5.41, 5.74) is 0. The first-order valence-electron chi connectivity index (χ1n) is 25.2. The van der Waals surface area contributed by atoms with Crippen molar-refractivity contribution in [2.45, 2.75) is 232 Å². The Kier molecular flexibility index (Phi) is 43.4. The Morgan fingerprint density at radius 2 is 0.917 bits per heavy atom. The van der Waals surface area contributed by atoms with Gasteiger partial charge in [-0.2, -0.15) is 0 Å². The van der Waals surface area contributed by atoms with E-state index in [4.69, 9.17) is 18.5 Å². The number of phosphoric acid groups is 1. The lowest BCUT2D eigenvalue weighted by atomic mass is 10.0. The number of hydrogen-bond donors (Lipinski definition) is 0. The summed E-state index contributed by atoms with van der Waals surface area (Å²) in [6, 6.07) is 0. The topological polar surface area (TPSA) is 94.1 Å². The van der Waals surface area contributed by atoms with Crippen LogP contribution in [0.1, 0.15) is 226 Å². The van der Waals surface area contributed by atoms with Gasteiger partial charge in [0.2, 0.25) is 0 Å². The lowest BCUT2D eigenvalue weighted by Gasteiger charge is -2.28. The summed E-state index contributed by atoms with van der Waals surface area (Å²) < 4.78 is 34.7. The van der Waals surface area contributed by atoms with Crippen LogP contribution in [0.2, 0.25) is 0 Å². The highest BCUT2D eigenvalue weighted by Gasteiger charge is 2.20. The van der Waals surface area contributed by atoms with E-state index >= 15 is 0 Å². The molecule has 60 heavy (non-hydrogen) atoms. The van der Waals surface area contributed by atoms with Crippen molar-refractivity contribution in [2.75, 3.05) is 54.1 Å². The number of allylic oxidation sites excluding steroid dienone is 6. The second-order valence-corrected chi connectivity index (χ2v) is 19.6. The molecule has 0 rings (SSSR count). The van der Waals surface area contributed by atoms with Crippen LogP contribution in [0.4, 0.5) is 0 Å². The average molecular weight is 868 g/mol. The van der Waals surface area contributed by atoms with Crippen molar-refractivity contribution >= 4 is 13.8 Å². The van der Waals surface area contributed by atoms with Gasteiger partial charge in [0, 0.05) is 13.0 Å². The fraction of sp³-hybridized carbons (Fsp3) is 0.863. The van der Waals surface area contributed by atoms with Crippen molar-refractivity contribution in [2.24, 2.45) is 0 Å². The van der Waals surface area contributed by atoms with Gasteiger partial charge in [-0.1, -0.05) is 204 Å². The number of unbranched alkanes of at least 4 members (excludes halogenated alkanes) is 27. The summed E-state index contributed by atoms with van der Waals surface area (Å²) in [6.07, 6.45) is 53.0. The number of quaternary nitrogens is 1. The van der Waals surface area contributed by atoms with E-state index in [1.807, 2.05) is 21.1 Å². The molecule has 0 aliphatic rings. The smallest absolute Gasteiger partial charge is 0.306 e. The normalized spacial score (nSPS) is 13.9. The number of likely N-dealkylation sites (N-methyl/N-ethyl adjacent to an activating group) is 1. The number of carbonyl (C=O) groups excluding carboxylic acids is 1. The number of ether oxygens (including phenoxy) is 2. The van der Waals surface area contributed by atoms with Gasteiger partial charge in [0.25, 0.3) is 7.82 Å². The van der Waals surface area contributed by atoms with Crippen LogP contribution < -0.4 is 4.89 Å². The zero-order chi connectivity index (χ0) is 44.1. The molecule has 0 spiro atoms. The number of nitrogens with zero attached hydrogens (tertiary/aromatic N) is 1. The van der Waals surface area contributed by atoms with Crippen LogP contribution in [0, 0.1) is 0 Å². The van der Waals surface area contributed by atoms with Gasteiger partial charge in [-0.15, -0.1) is 0 Å². The van der Waals surface area contributed by atoms with E-state index in [-0.39, 0.29) is 25.8 Å². The molecule has 0 N–H and O–H groups in total. The number of hydrogen-bond acceptors (Lipinski definition) is 7. The zero-order valence-corrected chi connectivity index (χ0v) is 41.1. The van der Waals surface area contributed by atoms with Crippen LogP contribution in [-0.2, 0) is 27.9 Å². The Balaban J connectivity index is 4.11. The summed E-state index contributed by atoms with van der Waals surface area (Å²) in [5.74, 6) is -0.334. The molecule has 2 atom stereocenters. The molecule has 0 aromatic carbocycles. The quantitative estimate of drug-likeness (QED) is 0.0198. The van der Waals surface area contributed by atoms with E-state index in [1.165, 1.54) is 161 Å². The molecule has 0 saturated carbocycles. The molecule has 0 radical (unpaired) electrons. The fourth-order valence-electron chi connectivity index (χ4n) is 7.03. The Morgan fingerprint density at radius 1 is 0.517 bits per heavy atom. The van der Waals surface area contributed by atoms with Gasteiger partial charge in [-0.3, -0.25) is 9.36 Å². The second-order valence-electron chi connectivity index (χ2n) is 18.2. The molecular weight excluding hydrogens is 770 g/mol. The van der Waals surface area contributed by atoms with Crippen LogP contribution in [0.15, 0.2) is 36.5 Å². The maximum Gasteiger partial charge on any atom is 0.306 e. The fourth-order valence-corrected chi connectivity index (χ4v) is 7.75. The Bertz CT molecular complexity index is 1060. The summed E-state index contributed by atoms with van der Waals surface area (Å²) in [4.78, 5) is 25.1. The predicted molar refractivity (Wildman–Crippen MR) is 254 cm³/mol. The highest BCUT2D eigenvalue weighted by molar-refractivity contribution is 7.45. The summed E-state index contributed by atoms with van der Waals surface area (Å²) in [7, 11) is 1.36. The Morgan fingerprint density at radius 3 is 1.37 bits per heavy atom. The van der Waals surface area contributed by atoms with Crippen LogP contribution in [0.3, 0.4) is 0 Å². The third-order valence-corrected chi connectivity index (χ3v) is 11.9. The van der Waals surface area contributed by atoms with Crippen LogP contribution in [0.5, 0.6) is 0 Å². The van der Waals surface area contributed by atoms with Crippen LogP contribution >= 0.6 is 7.82 Å². The molecule has 0 amide bonds. The van der Waals surface area contributed by atoms with Crippen LogP contribution in [0.25, 0.3) is 0 Å². The van der Waals surface area contributed by atoms with E-state index in [2.05, 4.69) is 50.3 Å². The lowest BCUT2D eigenvalue weighted by molar-refractivity contribution is -0.870. The van der Waals surface area contributed by atoms with Crippen molar-refractivity contribution < 1.29 is 37.3 Å². The van der Waals surface area contributed by atoms with E-state index in [0.29, 0.717) is 24.1 Å². The van der Waals surface area contributed by atoms with Gasteiger partial charge in [0.15, 0.2) is 0 Å². The molecule has 8 nitrogen and oxygen atoms in total.